The summed E-state index contributed by atoms with van der Waals surface area (Å²) in [4.78, 5) is 2.49. The minimum Gasteiger partial charge on any atom is -0.456 e. The van der Waals surface area contributed by atoms with Crippen molar-refractivity contribution in [3.05, 3.63) is 175 Å². The lowest BCUT2D eigenvalue weighted by molar-refractivity contribution is 0.327. The normalized spacial score (nSPS) is 19.9. The third-order valence-electron chi connectivity index (χ3n) is 12.4. The molecule has 244 valence electrons. The molecule has 0 saturated heterocycles. The average Bonchev–Trinajstić information content (AvgIpc) is 3.97. The second-order valence-electron chi connectivity index (χ2n) is 14.9. The van der Waals surface area contributed by atoms with Crippen molar-refractivity contribution >= 4 is 39.0 Å². The first-order valence-corrected chi connectivity index (χ1v) is 18.5. The summed E-state index contributed by atoms with van der Waals surface area (Å²) in [6.45, 7) is 0. The molecule has 3 atom stereocenters. The maximum absolute atomic E-state index is 6.25. The van der Waals surface area contributed by atoms with Gasteiger partial charge in [-0.05, 0) is 119 Å². The molecule has 1 aromatic heterocycles. The first kappa shape index (κ1) is 28.9. The Balaban J connectivity index is 1.06. The Morgan fingerprint density at radius 3 is 1.92 bits per heavy atom. The molecule has 7 aromatic carbocycles. The van der Waals surface area contributed by atoms with E-state index >= 15 is 0 Å². The third-order valence-corrected chi connectivity index (χ3v) is 12.4. The molecule has 2 fully saturated rings. The van der Waals surface area contributed by atoms with Gasteiger partial charge in [-0.2, -0.15) is 0 Å². The Morgan fingerprint density at radius 2 is 1.16 bits per heavy atom. The highest BCUT2D eigenvalue weighted by atomic mass is 16.3. The zero-order valence-electron chi connectivity index (χ0n) is 28.4. The molecule has 51 heavy (non-hydrogen) atoms. The van der Waals surface area contributed by atoms with Gasteiger partial charge in [0.05, 0.1) is 5.69 Å². The van der Waals surface area contributed by atoms with Crippen LogP contribution in [0.15, 0.2) is 168 Å². The monoisotopic (exact) mass is 655 g/mol. The molecule has 11 rings (SSSR count). The maximum atomic E-state index is 6.25. The fourth-order valence-corrected chi connectivity index (χ4v) is 10.2. The van der Waals surface area contributed by atoms with Crippen LogP contribution in [0.3, 0.4) is 0 Å². The van der Waals surface area contributed by atoms with Gasteiger partial charge < -0.3 is 9.32 Å². The second-order valence-corrected chi connectivity index (χ2v) is 14.9. The van der Waals surface area contributed by atoms with Gasteiger partial charge >= 0.3 is 0 Å². The first-order chi connectivity index (χ1) is 25.2. The highest BCUT2D eigenvalue weighted by molar-refractivity contribution is 6.06. The molecule has 2 saturated carbocycles. The van der Waals surface area contributed by atoms with Crippen molar-refractivity contribution in [2.24, 2.45) is 11.8 Å². The van der Waals surface area contributed by atoms with Crippen LogP contribution < -0.4 is 4.90 Å². The number of hydrogen-bond acceptors (Lipinski definition) is 2. The van der Waals surface area contributed by atoms with E-state index in [2.05, 4.69) is 157 Å². The number of benzene rings is 7. The lowest BCUT2D eigenvalue weighted by Crippen LogP contribution is -2.31. The molecule has 0 radical (unpaired) electrons. The van der Waals surface area contributed by atoms with Crippen LogP contribution in [0.25, 0.3) is 55.3 Å². The molecule has 0 aliphatic heterocycles. The van der Waals surface area contributed by atoms with Crippen molar-refractivity contribution in [1.82, 2.24) is 0 Å². The molecule has 8 aromatic rings. The van der Waals surface area contributed by atoms with Crippen molar-refractivity contribution in [3.8, 4) is 33.4 Å². The van der Waals surface area contributed by atoms with Crippen molar-refractivity contribution in [1.29, 1.82) is 0 Å². The molecule has 2 nitrogen and oxygen atoms in total. The summed E-state index contributed by atoms with van der Waals surface area (Å²) in [7, 11) is 0. The number of anilines is 3. The summed E-state index contributed by atoms with van der Waals surface area (Å²) in [6.07, 6.45) is 5.37. The van der Waals surface area contributed by atoms with Gasteiger partial charge in [0, 0.05) is 33.1 Å². The molecule has 2 bridgehead atoms. The number of furan rings is 1. The van der Waals surface area contributed by atoms with Gasteiger partial charge in [0.25, 0.3) is 0 Å². The molecule has 0 N–H and O–H groups in total. The number of hydrogen-bond donors (Lipinski definition) is 0. The minimum absolute atomic E-state index is 0.132. The quantitative estimate of drug-likeness (QED) is 0.183. The van der Waals surface area contributed by atoms with E-state index in [0.717, 1.165) is 50.7 Å². The van der Waals surface area contributed by atoms with Crippen LogP contribution in [0.1, 0.15) is 36.8 Å². The minimum atomic E-state index is 0.132. The molecule has 3 aliphatic carbocycles. The van der Waals surface area contributed by atoms with Crippen LogP contribution in [0.2, 0.25) is 0 Å². The number of fused-ring (bicyclic) bond motifs is 11. The van der Waals surface area contributed by atoms with Gasteiger partial charge in [-0.3, -0.25) is 0 Å². The van der Waals surface area contributed by atoms with E-state index in [4.69, 9.17) is 4.42 Å². The second kappa shape index (κ2) is 11.1. The SMILES string of the molecule is c1ccc(-c2ccc(N(c3ccc(-c4ccc5c(c4)oc4ccccc45)cc3)c3cccc4c3-c3ccccc3C43CC4CCC3C4)cc2)cc1. The number of nitrogens with zero attached hydrogens (tertiary/aromatic N) is 1. The van der Waals surface area contributed by atoms with Crippen LogP contribution in [0, 0.1) is 11.8 Å². The van der Waals surface area contributed by atoms with Crippen molar-refractivity contribution in [2.75, 3.05) is 4.90 Å². The summed E-state index contributed by atoms with van der Waals surface area (Å²) in [5.74, 6) is 1.56. The van der Waals surface area contributed by atoms with Gasteiger partial charge in [0.15, 0.2) is 0 Å². The Morgan fingerprint density at radius 1 is 0.510 bits per heavy atom. The topological polar surface area (TPSA) is 16.4 Å². The fraction of sp³-hybridized carbons (Fsp3) is 0.143. The maximum Gasteiger partial charge on any atom is 0.136 e. The summed E-state index contributed by atoms with van der Waals surface area (Å²) < 4.78 is 6.25. The van der Waals surface area contributed by atoms with E-state index in [0.29, 0.717) is 0 Å². The van der Waals surface area contributed by atoms with E-state index in [-0.39, 0.29) is 5.41 Å². The molecule has 1 spiro atoms. The predicted molar refractivity (Wildman–Crippen MR) is 211 cm³/mol. The highest BCUT2D eigenvalue weighted by Gasteiger charge is 2.57. The Labute approximate surface area is 298 Å². The van der Waals surface area contributed by atoms with Crippen LogP contribution >= 0.6 is 0 Å². The Kier molecular flexibility index (Phi) is 6.28. The fourth-order valence-electron chi connectivity index (χ4n) is 10.2. The van der Waals surface area contributed by atoms with Crippen LogP contribution in [-0.2, 0) is 5.41 Å². The Hall–Kier alpha value is -5.86. The molecule has 0 amide bonds. The van der Waals surface area contributed by atoms with Crippen molar-refractivity contribution in [2.45, 2.75) is 31.1 Å². The molecule has 3 unspecified atom stereocenters. The third kappa shape index (κ3) is 4.29. The van der Waals surface area contributed by atoms with Gasteiger partial charge in [0.1, 0.15) is 11.2 Å². The van der Waals surface area contributed by atoms with Gasteiger partial charge in [-0.1, -0.05) is 122 Å². The summed E-state index contributed by atoms with van der Waals surface area (Å²) in [6, 6.07) is 60.2. The molecule has 2 heteroatoms. The van der Waals surface area contributed by atoms with Crippen molar-refractivity contribution < 1.29 is 4.42 Å². The molecule has 3 aliphatic rings. The van der Waals surface area contributed by atoms with E-state index in [9.17, 15) is 0 Å². The summed E-state index contributed by atoms with van der Waals surface area (Å²) in [5.41, 5.74) is 16.2. The zero-order chi connectivity index (χ0) is 33.5. The van der Waals surface area contributed by atoms with Gasteiger partial charge in [-0.25, -0.2) is 0 Å². The first-order valence-electron chi connectivity index (χ1n) is 18.5. The highest BCUT2D eigenvalue weighted by Crippen LogP contribution is 2.67. The van der Waals surface area contributed by atoms with Crippen LogP contribution in [0.4, 0.5) is 17.1 Å². The van der Waals surface area contributed by atoms with E-state index in [1.165, 1.54) is 64.8 Å². The van der Waals surface area contributed by atoms with E-state index in [1.807, 2.05) is 12.1 Å². The van der Waals surface area contributed by atoms with Gasteiger partial charge in [-0.15, -0.1) is 0 Å². The smallest absolute Gasteiger partial charge is 0.136 e. The number of para-hydroxylation sites is 1. The van der Waals surface area contributed by atoms with E-state index < -0.39 is 0 Å². The van der Waals surface area contributed by atoms with Crippen LogP contribution in [-0.4, -0.2) is 0 Å². The zero-order valence-corrected chi connectivity index (χ0v) is 28.4. The average molecular weight is 656 g/mol. The lowest BCUT2D eigenvalue weighted by Gasteiger charge is -2.37. The molecular formula is C49H37NO. The predicted octanol–water partition coefficient (Wildman–Crippen LogP) is 13.5. The summed E-state index contributed by atoms with van der Waals surface area (Å²) >= 11 is 0. The van der Waals surface area contributed by atoms with Crippen LogP contribution in [0.5, 0.6) is 0 Å². The molecule has 1 heterocycles. The van der Waals surface area contributed by atoms with Crippen molar-refractivity contribution in [3.63, 3.8) is 0 Å². The summed E-state index contributed by atoms with van der Waals surface area (Å²) in [5, 5.41) is 2.31. The Bertz CT molecular complexity index is 2600. The van der Waals surface area contributed by atoms with Gasteiger partial charge in [0.2, 0.25) is 0 Å². The molecular weight excluding hydrogens is 619 g/mol. The largest absolute Gasteiger partial charge is 0.456 e. The lowest BCUT2D eigenvalue weighted by atomic mass is 9.67. The standard InChI is InChI=1S/C49H37NO/c1-2-9-33(10-3-1)34-18-24-38(25-19-34)50(39-26-20-35(21-27-39)36-22-28-41-40-11-5-7-16-46(40)51-47(41)30-36)45-15-8-14-44-48(45)42-12-4-6-13-43(42)49(44)31-32-17-23-37(49)29-32/h1-16,18-22,24-28,30,32,37H,17,23,29,31H2. The van der Waals surface area contributed by atoms with E-state index in [1.54, 1.807) is 5.56 Å². The number of rotatable bonds is 5.